The summed E-state index contributed by atoms with van der Waals surface area (Å²) >= 11 is 0. The van der Waals surface area contributed by atoms with Gasteiger partial charge in [-0.15, -0.1) is 0 Å². The number of ether oxygens (including phenoxy) is 1. The van der Waals surface area contributed by atoms with Crippen molar-refractivity contribution < 1.29 is 53.9 Å². The summed E-state index contributed by atoms with van der Waals surface area (Å²) in [4.78, 5) is 77.4. The number of carboxylic acids is 4. The molecule has 43 heavy (non-hydrogen) atoms. The summed E-state index contributed by atoms with van der Waals surface area (Å²) < 4.78 is 5.19. The van der Waals surface area contributed by atoms with Crippen LogP contribution in [0.1, 0.15) is 26.2 Å². The average molecular weight is 619 g/mol. The van der Waals surface area contributed by atoms with Crippen molar-refractivity contribution in [2.75, 3.05) is 98.3 Å². The fourth-order valence-electron chi connectivity index (χ4n) is 4.40. The Morgan fingerprint density at radius 3 is 1.47 bits per heavy atom. The van der Waals surface area contributed by atoms with Crippen molar-refractivity contribution in [3.05, 3.63) is 0 Å². The van der Waals surface area contributed by atoms with Crippen LogP contribution < -0.4 is 10.6 Å². The SMILES string of the molecule is CCOCCCNC(=O)CC[C@H](NC(=O)CN1CCN(CC(=O)O)CCN(CC(=O)O)CCN(CC(=O)O)CC1)C(=O)O. The number of nitrogens with zero attached hydrogens (tertiary/aromatic N) is 4. The molecule has 0 aromatic carbocycles. The highest BCUT2D eigenvalue weighted by Gasteiger charge is 2.24. The minimum atomic E-state index is -1.30. The highest BCUT2D eigenvalue weighted by atomic mass is 16.5. The standard InChI is InChI=1S/C26H46N6O11/c1-2-43-15-3-6-27-21(33)5-4-20(26(41)42)28-22(34)16-29-7-9-30(17-23(35)36)11-13-32(19-25(39)40)14-12-31(10-8-29)18-24(37)38/h20H,2-19H2,1H3,(H,27,33)(H,28,34)(H,35,36)(H,37,38)(H,39,40)(H,41,42)/t20-/m0/s1. The number of rotatable bonds is 18. The third kappa shape index (κ3) is 18.7. The first-order chi connectivity index (χ1) is 20.4. The smallest absolute Gasteiger partial charge is 0.326 e. The Bertz CT molecular complexity index is 890. The van der Waals surface area contributed by atoms with Crippen molar-refractivity contribution in [3.63, 3.8) is 0 Å². The topological polar surface area (TPSA) is 230 Å². The third-order valence-electron chi connectivity index (χ3n) is 6.66. The Morgan fingerprint density at radius 1 is 0.674 bits per heavy atom. The van der Waals surface area contributed by atoms with Crippen molar-refractivity contribution in [3.8, 4) is 0 Å². The molecular formula is C26H46N6O11. The largest absolute Gasteiger partial charge is 0.480 e. The Morgan fingerprint density at radius 2 is 1.09 bits per heavy atom. The van der Waals surface area contributed by atoms with E-state index in [2.05, 4.69) is 10.6 Å². The van der Waals surface area contributed by atoms with Gasteiger partial charge in [0.2, 0.25) is 11.8 Å². The van der Waals surface area contributed by atoms with Gasteiger partial charge in [0.15, 0.2) is 0 Å². The second kappa shape index (κ2) is 21.3. The Hall–Kier alpha value is -3.38. The summed E-state index contributed by atoms with van der Waals surface area (Å²) in [7, 11) is 0. The fraction of sp³-hybridized carbons (Fsp3) is 0.769. The van der Waals surface area contributed by atoms with Gasteiger partial charge in [-0.1, -0.05) is 0 Å². The summed E-state index contributed by atoms with van der Waals surface area (Å²) in [5.74, 6) is -5.46. The van der Waals surface area contributed by atoms with Gasteiger partial charge in [0.25, 0.3) is 0 Å². The lowest BCUT2D eigenvalue weighted by Gasteiger charge is -2.33. The monoisotopic (exact) mass is 618 g/mol. The number of nitrogens with one attached hydrogen (secondary N) is 2. The summed E-state index contributed by atoms with van der Waals surface area (Å²) in [6.45, 7) is 3.96. The molecule has 17 nitrogen and oxygen atoms in total. The number of amides is 2. The average Bonchev–Trinajstić information content (AvgIpc) is 2.91. The molecule has 1 saturated heterocycles. The number of carboxylic acid groups (broad SMARTS) is 4. The van der Waals surface area contributed by atoms with E-state index in [4.69, 9.17) is 4.74 Å². The molecule has 1 aliphatic heterocycles. The Kier molecular flexibility index (Phi) is 18.7. The number of hydrogen-bond donors (Lipinski definition) is 6. The summed E-state index contributed by atoms with van der Waals surface area (Å²) in [5, 5.41) is 42.6. The van der Waals surface area contributed by atoms with Crippen molar-refractivity contribution >= 4 is 35.7 Å². The van der Waals surface area contributed by atoms with Gasteiger partial charge in [-0.05, 0) is 19.8 Å². The van der Waals surface area contributed by atoms with Crippen LogP contribution in [0.4, 0.5) is 0 Å². The molecule has 0 unspecified atom stereocenters. The van der Waals surface area contributed by atoms with Gasteiger partial charge >= 0.3 is 23.9 Å². The second-order valence-corrected chi connectivity index (χ2v) is 10.2. The zero-order valence-corrected chi connectivity index (χ0v) is 24.7. The van der Waals surface area contributed by atoms with Gasteiger partial charge in [0, 0.05) is 78.5 Å². The molecule has 0 saturated carbocycles. The molecule has 1 heterocycles. The minimum absolute atomic E-state index is 0.108. The Labute approximate surface area is 250 Å². The van der Waals surface area contributed by atoms with Gasteiger partial charge < -0.3 is 35.8 Å². The molecule has 0 aliphatic carbocycles. The fourth-order valence-corrected chi connectivity index (χ4v) is 4.40. The predicted octanol–water partition coefficient (Wildman–Crippen LogP) is -2.65. The zero-order valence-electron chi connectivity index (χ0n) is 24.7. The van der Waals surface area contributed by atoms with Gasteiger partial charge in [-0.3, -0.25) is 43.6 Å². The maximum Gasteiger partial charge on any atom is 0.326 e. The van der Waals surface area contributed by atoms with E-state index >= 15 is 0 Å². The first kappa shape index (κ1) is 37.6. The normalized spacial score (nSPS) is 17.2. The second-order valence-electron chi connectivity index (χ2n) is 10.2. The molecule has 2 amide bonds. The molecule has 0 bridgehead atoms. The van der Waals surface area contributed by atoms with Crippen LogP contribution in [-0.4, -0.2) is 180 Å². The van der Waals surface area contributed by atoms with Gasteiger partial charge in [-0.25, -0.2) is 4.79 Å². The molecule has 6 N–H and O–H groups in total. The first-order valence-corrected chi connectivity index (χ1v) is 14.3. The highest BCUT2D eigenvalue weighted by Crippen LogP contribution is 2.03. The lowest BCUT2D eigenvalue weighted by atomic mass is 10.1. The highest BCUT2D eigenvalue weighted by molar-refractivity contribution is 5.85. The number of hydrogen-bond acceptors (Lipinski definition) is 11. The molecule has 1 fully saturated rings. The predicted molar refractivity (Wildman–Crippen MR) is 152 cm³/mol. The van der Waals surface area contributed by atoms with E-state index in [9.17, 15) is 49.2 Å². The van der Waals surface area contributed by atoms with E-state index in [1.165, 1.54) is 0 Å². The molecule has 1 rings (SSSR count). The quantitative estimate of drug-likeness (QED) is 0.0862. The van der Waals surface area contributed by atoms with Gasteiger partial charge in [0.1, 0.15) is 6.04 Å². The van der Waals surface area contributed by atoms with Crippen molar-refractivity contribution in [1.82, 2.24) is 30.2 Å². The minimum Gasteiger partial charge on any atom is -0.480 e. The summed E-state index contributed by atoms with van der Waals surface area (Å²) in [5.41, 5.74) is 0. The number of carbonyl (C=O) groups excluding carboxylic acids is 2. The maximum atomic E-state index is 12.9. The van der Waals surface area contributed by atoms with Crippen LogP contribution >= 0.6 is 0 Å². The molecule has 246 valence electrons. The molecule has 0 aromatic rings. The van der Waals surface area contributed by atoms with E-state index < -0.39 is 35.8 Å². The van der Waals surface area contributed by atoms with E-state index in [1.807, 2.05) is 6.92 Å². The van der Waals surface area contributed by atoms with Crippen LogP contribution in [0.5, 0.6) is 0 Å². The summed E-state index contributed by atoms with van der Waals surface area (Å²) in [6.07, 6.45) is 0.385. The van der Waals surface area contributed by atoms with Gasteiger partial charge in [-0.2, -0.15) is 0 Å². The van der Waals surface area contributed by atoms with Crippen molar-refractivity contribution in [2.45, 2.75) is 32.2 Å². The maximum absolute atomic E-state index is 12.9. The number of carbonyl (C=O) groups is 6. The number of aliphatic carboxylic acids is 4. The molecule has 0 radical (unpaired) electrons. The summed E-state index contributed by atoms with van der Waals surface area (Å²) in [6, 6.07) is -1.30. The van der Waals surface area contributed by atoms with Crippen LogP contribution in [0.3, 0.4) is 0 Å². The van der Waals surface area contributed by atoms with E-state index in [1.54, 1.807) is 19.6 Å². The van der Waals surface area contributed by atoms with Crippen LogP contribution in [0.25, 0.3) is 0 Å². The molecule has 0 aromatic heterocycles. The molecule has 1 atom stereocenters. The lowest BCUT2D eigenvalue weighted by molar-refractivity contribution is -0.142. The molecular weight excluding hydrogens is 572 g/mol. The zero-order chi connectivity index (χ0) is 32.2. The van der Waals surface area contributed by atoms with Crippen LogP contribution in [0.15, 0.2) is 0 Å². The van der Waals surface area contributed by atoms with Gasteiger partial charge in [0.05, 0.1) is 26.2 Å². The van der Waals surface area contributed by atoms with Crippen LogP contribution in [-0.2, 0) is 33.5 Å². The first-order valence-electron chi connectivity index (χ1n) is 14.3. The van der Waals surface area contributed by atoms with Crippen molar-refractivity contribution in [1.29, 1.82) is 0 Å². The van der Waals surface area contributed by atoms with E-state index in [0.29, 0.717) is 26.2 Å². The molecule has 17 heteroatoms. The van der Waals surface area contributed by atoms with Crippen LogP contribution in [0.2, 0.25) is 0 Å². The van der Waals surface area contributed by atoms with E-state index in [-0.39, 0.29) is 97.3 Å². The Balaban J connectivity index is 2.86. The molecule has 0 spiro atoms. The van der Waals surface area contributed by atoms with Crippen molar-refractivity contribution in [2.24, 2.45) is 0 Å². The lowest BCUT2D eigenvalue weighted by Crippen LogP contribution is -2.51. The van der Waals surface area contributed by atoms with E-state index in [0.717, 1.165) is 0 Å². The molecule has 1 aliphatic rings. The third-order valence-corrected chi connectivity index (χ3v) is 6.66. The van der Waals surface area contributed by atoms with Crippen LogP contribution in [0, 0.1) is 0 Å².